The quantitative estimate of drug-likeness (QED) is 0.292. The van der Waals surface area contributed by atoms with E-state index in [1.165, 1.54) is 44.9 Å². The highest BCUT2D eigenvalue weighted by Crippen LogP contribution is 2.60. The minimum Gasteiger partial charge on any atom is -0.414 e. The first kappa shape index (κ1) is 29.3. The van der Waals surface area contributed by atoms with Crippen LogP contribution in [0.25, 0.3) is 0 Å². The monoisotopic (exact) mass is 482 g/mol. The van der Waals surface area contributed by atoms with Gasteiger partial charge in [0.25, 0.3) is 0 Å². The number of hydrogen-bond acceptors (Lipinski definition) is 3. The molecule has 0 aromatic rings. The minimum atomic E-state index is -1.77. The van der Waals surface area contributed by atoms with E-state index in [1.54, 1.807) is 0 Å². The van der Waals surface area contributed by atoms with Gasteiger partial charge in [0.2, 0.25) is 0 Å². The van der Waals surface area contributed by atoms with Crippen molar-refractivity contribution in [1.29, 1.82) is 0 Å². The number of rotatable bonds is 11. The molecule has 33 heavy (non-hydrogen) atoms. The maximum absolute atomic E-state index is 10.3. The van der Waals surface area contributed by atoms with Gasteiger partial charge >= 0.3 is 0 Å². The van der Waals surface area contributed by atoms with Gasteiger partial charge in [0.1, 0.15) is 0 Å². The van der Waals surface area contributed by atoms with Crippen LogP contribution in [-0.4, -0.2) is 35.8 Å². The summed E-state index contributed by atoms with van der Waals surface area (Å²) in [7, 11) is -1.77. The maximum atomic E-state index is 10.3. The predicted octanol–water partition coefficient (Wildman–Crippen LogP) is 8.09. The summed E-state index contributed by atoms with van der Waals surface area (Å²) >= 11 is 0. The van der Waals surface area contributed by atoms with Gasteiger partial charge in [-0.3, -0.25) is 0 Å². The first-order valence-corrected chi connectivity index (χ1v) is 16.9. The lowest BCUT2D eigenvalue weighted by molar-refractivity contribution is -0.0259. The largest absolute Gasteiger partial charge is 0.414 e. The molecule has 0 radical (unpaired) electrons. The first-order chi connectivity index (χ1) is 14.9. The van der Waals surface area contributed by atoms with Crippen LogP contribution in [0, 0.1) is 23.2 Å². The summed E-state index contributed by atoms with van der Waals surface area (Å²) in [6, 6.07) is 0. The van der Waals surface area contributed by atoms with Crippen molar-refractivity contribution in [1.82, 2.24) is 0 Å². The summed E-state index contributed by atoms with van der Waals surface area (Å²) in [5, 5.41) is 20.8. The van der Waals surface area contributed by atoms with Crippen molar-refractivity contribution in [2.24, 2.45) is 23.2 Å². The second-order valence-electron chi connectivity index (χ2n) is 14.8. The molecule has 4 atom stereocenters. The normalized spacial score (nSPS) is 29.5. The van der Waals surface area contributed by atoms with E-state index in [0.717, 1.165) is 31.6 Å². The smallest absolute Gasteiger partial charge is 0.192 e. The molecule has 2 aliphatic rings. The van der Waals surface area contributed by atoms with Crippen LogP contribution < -0.4 is 0 Å². The fraction of sp³-hybridized carbons (Fsp3) is 1.00. The van der Waals surface area contributed by atoms with E-state index in [0.29, 0.717) is 23.4 Å². The van der Waals surface area contributed by atoms with Gasteiger partial charge in [-0.2, -0.15) is 0 Å². The van der Waals surface area contributed by atoms with Gasteiger partial charge in [0, 0.05) is 6.10 Å². The molecule has 1 unspecified atom stereocenters. The Bertz CT molecular complexity index is 590. The summed E-state index contributed by atoms with van der Waals surface area (Å²) < 4.78 is 7.07. The fourth-order valence-electron chi connectivity index (χ4n) is 6.77. The Morgan fingerprint density at radius 2 is 1.39 bits per heavy atom. The van der Waals surface area contributed by atoms with Gasteiger partial charge in [0.15, 0.2) is 8.32 Å². The summed E-state index contributed by atoms with van der Waals surface area (Å²) in [5.74, 6) is 2.13. The van der Waals surface area contributed by atoms with E-state index in [9.17, 15) is 10.2 Å². The van der Waals surface area contributed by atoms with Crippen LogP contribution in [0.1, 0.15) is 126 Å². The second kappa shape index (κ2) is 10.6. The first-order valence-electron chi connectivity index (χ1n) is 14.0. The molecule has 0 saturated heterocycles. The Hall–Kier alpha value is 0.0969. The Kier molecular flexibility index (Phi) is 9.43. The standard InChI is InChI=1S/C29H58O3Si/c1-26(2,3)33(9,10)32-25-16-13-21-29(8)23(17-18-24(25)29)22(14-11-19-27(4,5)30)15-12-20-28(6,7)31/h22-25,30-31H,11-21H2,1-10H3/t23-,24?,25+,29-/m1/s1. The molecule has 0 aromatic carbocycles. The molecule has 2 N–H and O–H groups in total. The van der Waals surface area contributed by atoms with Crippen LogP contribution in [0.2, 0.25) is 18.1 Å². The van der Waals surface area contributed by atoms with E-state index >= 15 is 0 Å². The van der Waals surface area contributed by atoms with Crippen LogP contribution >= 0.6 is 0 Å². The van der Waals surface area contributed by atoms with Gasteiger partial charge < -0.3 is 14.6 Å². The fourth-order valence-corrected chi connectivity index (χ4v) is 8.16. The molecule has 4 heteroatoms. The van der Waals surface area contributed by atoms with Crippen molar-refractivity contribution in [3.63, 3.8) is 0 Å². The molecule has 2 aliphatic carbocycles. The lowest BCUT2D eigenvalue weighted by Crippen LogP contribution is -2.50. The summed E-state index contributed by atoms with van der Waals surface area (Å²) in [6.45, 7) is 22.3. The predicted molar refractivity (Wildman–Crippen MR) is 144 cm³/mol. The molecule has 0 amide bonds. The van der Waals surface area contributed by atoms with Gasteiger partial charge in [0.05, 0.1) is 11.2 Å². The van der Waals surface area contributed by atoms with Gasteiger partial charge in [-0.1, -0.05) is 59.8 Å². The molecule has 0 aliphatic heterocycles. The summed E-state index contributed by atoms with van der Waals surface area (Å²) in [5.41, 5.74) is -0.779. The Morgan fingerprint density at radius 3 is 1.85 bits per heavy atom. The molecule has 0 heterocycles. The van der Waals surface area contributed by atoms with E-state index < -0.39 is 19.5 Å². The van der Waals surface area contributed by atoms with Crippen molar-refractivity contribution >= 4 is 8.32 Å². The average Bonchev–Trinajstić information content (AvgIpc) is 2.95. The van der Waals surface area contributed by atoms with E-state index in [4.69, 9.17) is 4.43 Å². The maximum Gasteiger partial charge on any atom is 0.192 e. The van der Waals surface area contributed by atoms with Crippen LogP contribution in [0.3, 0.4) is 0 Å². The van der Waals surface area contributed by atoms with Crippen molar-refractivity contribution in [3.05, 3.63) is 0 Å². The third-order valence-electron chi connectivity index (χ3n) is 9.68. The van der Waals surface area contributed by atoms with E-state index in [1.807, 2.05) is 27.7 Å². The van der Waals surface area contributed by atoms with Crippen LogP contribution in [0.5, 0.6) is 0 Å². The molecule has 196 valence electrons. The van der Waals surface area contributed by atoms with Gasteiger partial charge in [-0.15, -0.1) is 0 Å². The molecule has 0 bridgehead atoms. The second-order valence-corrected chi connectivity index (χ2v) is 19.5. The van der Waals surface area contributed by atoms with Crippen LogP contribution in [-0.2, 0) is 4.43 Å². The number of fused-ring (bicyclic) bond motifs is 1. The summed E-state index contributed by atoms with van der Waals surface area (Å²) in [4.78, 5) is 0. The molecule has 3 nitrogen and oxygen atoms in total. The minimum absolute atomic E-state index is 0.260. The molecule has 2 rings (SSSR count). The Morgan fingerprint density at radius 1 is 0.879 bits per heavy atom. The topological polar surface area (TPSA) is 49.7 Å². The zero-order valence-electron chi connectivity index (χ0n) is 23.9. The molecule has 0 aromatic heterocycles. The zero-order chi connectivity index (χ0) is 25.3. The van der Waals surface area contributed by atoms with E-state index in [-0.39, 0.29) is 5.04 Å². The third kappa shape index (κ3) is 8.05. The van der Waals surface area contributed by atoms with Crippen molar-refractivity contribution in [3.8, 4) is 0 Å². The van der Waals surface area contributed by atoms with Gasteiger partial charge in [-0.05, 0) is 108 Å². The molecular weight excluding hydrogens is 424 g/mol. The highest BCUT2D eigenvalue weighted by Gasteiger charge is 2.54. The van der Waals surface area contributed by atoms with Crippen LogP contribution in [0.15, 0.2) is 0 Å². The van der Waals surface area contributed by atoms with Crippen molar-refractivity contribution < 1.29 is 14.6 Å². The van der Waals surface area contributed by atoms with E-state index in [2.05, 4.69) is 40.8 Å². The molecule has 0 spiro atoms. The zero-order valence-corrected chi connectivity index (χ0v) is 24.9. The lowest BCUT2D eigenvalue weighted by atomic mass is 9.60. The number of aliphatic hydroxyl groups is 2. The lowest BCUT2D eigenvalue weighted by Gasteiger charge is -2.50. The Balaban J connectivity index is 2.16. The SMILES string of the molecule is CC(C)(O)CCCC(CCCC(C)(C)O)[C@H]1CCC2[C@@H](O[Si](C)(C)C(C)(C)C)CCC[C@@]21C. The van der Waals surface area contributed by atoms with Gasteiger partial charge in [-0.25, -0.2) is 0 Å². The third-order valence-corrected chi connectivity index (χ3v) is 14.2. The Labute approximate surface area is 207 Å². The summed E-state index contributed by atoms with van der Waals surface area (Å²) in [6.07, 6.45) is 13.3. The average molecular weight is 483 g/mol. The highest BCUT2D eigenvalue weighted by molar-refractivity contribution is 6.74. The van der Waals surface area contributed by atoms with Crippen LogP contribution in [0.4, 0.5) is 0 Å². The van der Waals surface area contributed by atoms with Crippen molar-refractivity contribution in [2.45, 2.75) is 161 Å². The number of hydrogen-bond donors (Lipinski definition) is 2. The molecule has 2 saturated carbocycles. The molecule has 2 fully saturated rings. The molecular formula is C29H58O3Si. The van der Waals surface area contributed by atoms with Crippen molar-refractivity contribution in [2.75, 3.05) is 0 Å². The highest BCUT2D eigenvalue weighted by atomic mass is 28.4.